The maximum absolute atomic E-state index is 6.02. The summed E-state index contributed by atoms with van der Waals surface area (Å²) in [7, 11) is 0. The van der Waals surface area contributed by atoms with Crippen molar-refractivity contribution < 1.29 is 0 Å². The molecule has 3 N–H and O–H groups in total. The van der Waals surface area contributed by atoms with Gasteiger partial charge in [-0.3, -0.25) is 5.10 Å². The molecule has 2 aromatic rings. The second kappa shape index (κ2) is 5.08. The van der Waals surface area contributed by atoms with Gasteiger partial charge in [-0.2, -0.15) is 5.10 Å². The largest absolute Gasteiger partial charge is 0.395 e. The van der Waals surface area contributed by atoms with Crippen molar-refractivity contribution in [3.8, 4) is 11.3 Å². The molecule has 1 aliphatic rings. The molecule has 3 heteroatoms. The van der Waals surface area contributed by atoms with Gasteiger partial charge in [-0.15, -0.1) is 0 Å². The fourth-order valence-electron chi connectivity index (χ4n) is 3.01. The Kier molecular flexibility index (Phi) is 3.28. The maximum atomic E-state index is 6.02. The SMILES string of the molecule is Cc1[nH]nc(-c2ccc(C3CCCCC3)cc2)c1N. The summed E-state index contributed by atoms with van der Waals surface area (Å²) in [6.45, 7) is 1.95. The van der Waals surface area contributed by atoms with Gasteiger partial charge in [0.2, 0.25) is 0 Å². The average molecular weight is 255 g/mol. The monoisotopic (exact) mass is 255 g/mol. The van der Waals surface area contributed by atoms with Crippen molar-refractivity contribution in [3.05, 3.63) is 35.5 Å². The number of nitrogens with two attached hydrogens (primary N) is 1. The number of hydrogen-bond donors (Lipinski definition) is 2. The number of nitrogens with one attached hydrogen (secondary N) is 1. The highest BCUT2D eigenvalue weighted by atomic mass is 15.1. The van der Waals surface area contributed by atoms with Gasteiger partial charge in [0.05, 0.1) is 11.4 Å². The van der Waals surface area contributed by atoms with Gasteiger partial charge < -0.3 is 5.73 Å². The molecular formula is C16H21N3. The molecule has 3 rings (SSSR count). The Morgan fingerprint density at radius 2 is 1.79 bits per heavy atom. The van der Waals surface area contributed by atoms with Gasteiger partial charge in [0.1, 0.15) is 5.69 Å². The third-order valence-corrected chi connectivity index (χ3v) is 4.26. The number of H-pyrrole nitrogens is 1. The van der Waals surface area contributed by atoms with E-state index in [0.717, 1.165) is 28.6 Å². The van der Waals surface area contributed by atoms with Gasteiger partial charge in [0.15, 0.2) is 0 Å². The lowest BCUT2D eigenvalue weighted by atomic mass is 9.84. The van der Waals surface area contributed by atoms with Crippen LogP contribution in [-0.4, -0.2) is 10.2 Å². The van der Waals surface area contributed by atoms with Crippen LogP contribution >= 0.6 is 0 Å². The maximum Gasteiger partial charge on any atom is 0.115 e. The molecular weight excluding hydrogens is 234 g/mol. The zero-order valence-electron chi connectivity index (χ0n) is 11.4. The van der Waals surface area contributed by atoms with Crippen LogP contribution in [-0.2, 0) is 0 Å². The number of aryl methyl sites for hydroxylation is 1. The highest BCUT2D eigenvalue weighted by Gasteiger charge is 2.16. The van der Waals surface area contributed by atoms with Crippen LogP contribution in [0.5, 0.6) is 0 Å². The fourth-order valence-corrected chi connectivity index (χ4v) is 3.01. The third kappa shape index (κ3) is 2.37. The smallest absolute Gasteiger partial charge is 0.115 e. The summed E-state index contributed by atoms with van der Waals surface area (Å²) in [5.74, 6) is 0.751. The molecule has 0 unspecified atom stereocenters. The van der Waals surface area contributed by atoms with Crippen molar-refractivity contribution in [2.45, 2.75) is 44.9 Å². The van der Waals surface area contributed by atoms with E-state index in [1.54, 1.807) is 0 Å². The lowest BCUT2D eigenvalue weighted by Crippen LogP contribution is -2.04. The molecule has 100 valence electrons. The van der Waals surface area contributed by atoms with Gasteiger partial charge in [-0.1, -0.05) is 43.5 Å². The zero-order valence-corrected chi connectivity index (χ0v) is 11.4. The Morgan fingerprint density at radius 1 is 1.11 bits per heavy atom. The first-order valence-electron chi connectivity index (χ1n) is 7.16. The molecule has 0 amide bonds. The first-order chi connectivity index (χ1) is 9.25. The molecule has 1 heterocycles. The number of rotatable bonds is 2. The average Bonchev–Trinajstić information content (AvgIpc) is 2.80. The second-order valence-corrected chi connectivity index (χ2v) is 5.57. The highest BCUT2D eigenvalue weighted by molar-refractivity contribution is 5.74. The molecule has 1 aromatic heterocycles. The lowest BCUT2D eigenvalue weighted by Gasteiger charge is -2.22. The summed E-state index contributed by atoms with van der Waals surface area (Å²) < 4.78 is 0. The van der Waals surface area contributed by atoms with E-state index in [1.807, 2.05) is 6.92 Å². The van der Waals surface area contributed by atoms with E-state index in [0.29, 0.717) is 0 Å². The first-order valence-corrected chi connectivity index (χ1v) is 7.16. The van der Waals surface area contributed by atoms with Gasteiger partial charge in [-0.25, -0.2) is 0 Å². The first kappa shape index (κ1) is 12.3. The summed E-state index contributed by atoms with van der Waals surface area (Å²) in [4.78, 5) is 0. The summed E-state index contributed by atoms with van der Waals surface area (Å²) in [5.41, 5.74) is 11.1. The van der Waals surface area contributed by atoms with Crippen molar-refractivity contribution in [1.29, 1.82) is 0 Å². The molecule has 0 bridgehead atoms. The van der Waals surface area contributed by atoms with Crippen LogP contribution in [0.1, 0.15) is 49.3 Å². The van der Waals surface area contributed by atoms with Gasteiger partial charge in [0.25, 0.3) is 0 Å². The van der Waals surface area contributed by atoms with E-state index >= 15 is 0 Å². The standard InChI is InChI=1S/C16H21N3/c1-11-15(17)16(19-18-11)14-9-7-13(8-10-14)12-5-3-2-4-6-12/h7-10,12H,2-6,17H2,1H3,(H,18,19). The predicted molar refractivity (Wildman–Crippen MR) is 79.0 cm³/mol. The topological polar surface area (TPSA) is 54.7 Å². The van der Waals surface area contributed by atoms with Crippen LogP contribution in [0, 0.1) is 6.92 Å². The van der Waals surface area contributed by atoms with Crippen LogP contribution in [0.3, 0.4) is 0 Å². The molecule has 3 nitrogen and oxygen atoms in total. The number of aromatic amines is 1. The van der Waals surface area contributed by atoms with E-state index in [9.17, 15) is 0 Å². The van der Waals surface area contributed by atoms with E-state index in [4.69, 9.17) is 5.73 Å². The van der Waals surface area contributed by atoms with Crippen LogP contribution < -0.4 is 5.73 Å². The molecule has 1 fully saturated rings. The number of nitrogens with zero attached hydrogens (tertiary/aromatic N) is 1. The molecule has 1 aliphatic carbocycles. The van der Waals surface area contributed by atoms with Crippen LogP contribution in [0.15, 0.2) is 24.3 Å². The molecule has 0 radical (unpaired) electrons. The molecule has 0 atom stereocenters. The van der Waals surface area contributed by atoms with Crippen molar-refractivity contribution in [3.63, 3.8) is 0 Å². The molecule has 1 saturated carbocycles. The van der Waals surface area contributed by atoms with Crippen molar-refractivity contribution in [2.24, 2.45) is 0 Å². The summed E-state index contributed by atoms with van der Waals surface area (Å²) in [5, 5.41) is 7.22. The normalized spacial score (nSPS) is 16.7. The van der Waals surface area contributed by atoms with E-state index in [-0.39, 0.29) is 0 Å². The Balaban J connectivity index is 1.84. The van der Waals surface area contributed by atoms with Crippen LogP contribution in [0.25, 0.3) is 11.3 Å². The molecule has 0 aliphatic heterocycles. The fraction of sp³-hybridized carbons (Fsp3) is 0.438. The Morgan fingerprint density at radius 3 is 2.37 bits per heavy atom. The molecule has 0 spiro atoms. The van der Waals surface area contributed by atoms with E-state index in [1.165, 1.54) is 37.7 Å². The zero-order chi connectivity index (χ0) is 13.2. The van der Waals surface area contributed by atoms with Gasteiger partial charge in [0, 0.05) is 5.56 Å². The lowest BCUT2D eigenvalue weighted by molar-refractivity contribution is 0.443. The molecule has 1 aromatic carbocycles. The van der Waals surface area contributed by atoms with Gasteiger partial charge >= 0.3 is 0 Å². The Labute approximate surface area is 114 Å². The summed E-state index contributed by atoms with van der Waals surface area (Å²) in [6, 6.07) is 8.79. The van der Waals surface area contributed by atoms with Gasteiger partial charge in [-0.05, 0) is 31.2 Å². The second-order valence-electron chi connectivity index (χ2n) is 5.57. The quantitative estimate of drug-likeness (QED) is 0.851. The molecule has 0 saturated heterocycles. The van der Waals surface area contributed by atoms with E-state index < -0.39 is 0 Å². The minimum absolute atomic E-state index is 0.751. The van der Waals surface area contributed by atoms with Crippen LogP contribution in [0.2, 0.25) is 0 Å². The van der Waals surface area contributed by atoms with Crippen molar-refractivity contribution in [2.75, 3.05) is 5.73 Å². The number of aromatic nitrogens is 2. The Hall–Kier alpha value is -1.77. The summed E-state index contributed by atoms with van der Waals surface area (Å²) >= 11 is 0. The number of anilines is 1. The van der Waals surface area contributed by atoms with E-state index in [2.05, 4.69) is 34.5 Å². The Bertz CT molecular complexity index is 548. The predicted octanol–water partition coefficient (Wildman–Crippen LogP) is 4.02. The van der Waals surface area contributed by atoms with Crippen molar-refractivity contribution >= 4 is 5.69 Å². The molecule has 19 heavy (non-hydrogen) atoms. The minimum atomic E-state index is 0.751. The van der Waals surface area contributed by atoms with Crippen LogP contribution in [0.4, 0.5) is 5.69 Å². The highest BCUT2D eigenvalue weighted by Crippen LogP contribution is 2.34. The third-order valence-electron chi connectivity index (χ3n) is 4.26. The number of benzene rings is 1. The minimum Gasteiger partial charge on any atom is -0.395 e. The summed E-state index contributed by atoms with van der Waals surface area (Å²) in [6.07, 6.45) is 6.82. The number of hydrogen-bond acceptors (Lipinski definition) is 2. The van der Waals surface area contributed by atoms with Crippen molar-refractivity contribution in [1.82, 2.24) is 10.2 Å². The number of nitrogen functional groups attached to an aromatic ring is 1.